The Bertz CT molecular complexity index is 1840. The molecule has 59 heavy (non-hydrogen) atoms. The van der Waals surface area contributed by atoms with E-state index in [0.29, 0.717) is 30.3 Å². The monoisotopic (exact) mass is 811 g/mol. The lowest BCUT2D eigenvalue weighted by Gasteiger charge is -2.54. The molecule has 3 saturated carbocycles. The second kappa shape index (κ2) is 17.5. The average molecular weight is 811 g/mol. The third kappa shape index (κ3) is 8.06. The largest absolute Gasteiger partial charge is 0.379 e. The molecule has 0 spiro atoms. The van der Waals surface area contributed by atoms with E-state index in [9.17, 15) is 9.59 Å². The number of rotatable bonds is 12. The number of aromatic amines is 2. The van der Waals surface area contributed by atoms with E-state index >= 15 is 0 Å². The van der Waals surface area contributed by atoms with Crippen molar-refractivity contribution in [1.82, 2.24) is 44.9 Å². The number of nitrogens with one attached hydrogen (secondary N) is 3. The zero-order valence-electron chi connectivity index (χ0n) is 36.1. The molecular formula is C46H70N10O3. The summed E-state index contributed by atoms with van der Waals surface area (Å²) in [6, 6.07) is -0.732. The van der Waals surface area contributed by atoms with Crippen molar-refractivity contribution in [3.8, 4) is 0 Å². The number of nitrogens with two attached hydrogens (primary N) is 1. The number of morpholine rings is 1. The van der Waals surface area contributed by atoms with Gasteiger partial charge in [0.25, 0.3) is 0 Å². The van der Waals surface area contributed by atoms with Crippen LogP contribution in [0.1, 0.15) is 133 Å². The van der Waals surface area contributed by atoms with Crippen molar-refractivity contribution in [2.24, 2.45) is 41.2 Å². The van der Waals surface area contributed by atoms with Crippen molar-refractivity contribution in [3.05, 3.63) is 53.3 Å². The standard InChI is InChI=1S/C46H70N10O3/c1-28(2)41(47)45(57)55-17-5-7-37(55)44-49-26-35(52-44)33-13-14-36(40-32-11-9-31(10-12-32)39(33)40)54-19-15-30(16-20-54)34-25-48-43(51-34)38-8-6-18-56(38)46(58)42(29(3)4)50-27-53-21-23-59-24-22-53/h13-14,25-26,28-32,37-42,50H,5-12,15-24,27,47H2,1-4H3,(H,48,51)(H,49,52). The molecule has 6 atom stereocenters. The number of fused-ring (bicyclic) bond motifs is 2. The number of carbonyl (C=O) groups excluding carboxylic acids is 2. The van der Waals surface area contributed by atoms with E-state index in [1.165, 1.54) is 37.0 Å². The van der Waals surface area contributed by atoms with Gasteiger partial charge in [0.2, 0.25) is 11.8 Å². The number of allylic oxidation sites excluding steroid dienone is 4. The summed E-state index contributed by atoms with van der Waals surface area (Å²) >= 11 is 0. The van der Waals surface area contributed by atoms with Crippen LogP contribution in [0, 0.1) is 35.5 Å². The lowest BCUT2D eigenvalue weighted by atomic mass is 9.54. The van der Waals surface area contributed by atoms with E-state index in [4.69, 9.17) is 20.4 Å². The molecule has 2 bridgehead atoms. The third-order valence-corrected chi connectivity index (χ3v) is 15.5. The minimum atomic E-state index is -0.480. The molecule has 4 aliphatic carbocycles. The zero-order chi connectivity index (χ0) is 40.8. The highest BCUT2D eigenvalue weighted by atomic mass is 16.5. The molecule has 5 N–H and O–H groups in total. The van der Waals surface area contributed by atoms with Crippen molar-refractivity contribution < 1.29 is 14.3 Å². The number of nitrogens with zero attached hydrogens (tertiary/aromatic N) is 6. The summed E-state index contributed by atoms with van der Waals surface area (Å²) in [7, 11) is 0. The Labute approximate surface area is 351 Å². The van der Waals surface area contributed by atoms with E-state index in [0.717, 1.165) is 114 Å². The first kappa shape index (κ1) is 40.9. The van der Waals surface area contributed by atoms with Crippen LogP contribution in [0.25, 0.3) is 5.57 Å². The fourth-order valence-electron chi connectivity index (χ4n) is 12.0. The molecule has 4 aliphatic heterocycles. The van der Waals surface area contributed by atoms with Crippen LogP contribution in [-0.2, 0) is 14.3 Å². The number of aromatic nitrogens is 4. The highest BCUT2D eigenvalue weighted by Gasteiger charge is 2.49. The molecule has 322 valence electrons. The molecule has 13 nitrogen and oxygen atoms in total. The highest BCUT2D eigenvalue weighted by Crippen LogP contribution is 2.58. The van der Waals surface area contributed by atoms with Crippen LogP contribution in [0.3, 0.4) is 0 Å². The number of imidazole rings is 2. The SMILES string of the molecule is CC(C)C(N)C(=O)N1CCCC1c1ncc(C2=CC=C(N3CCC(c4cnc(C5CCCN5C(=O)C(NCN5CCOCC5)C(C)C)[nH]4)CC3)C3C4CCC(CC4)C23)[nH]1. The molecule has 6 heterocycles. The second-order valence-corrected chi connectivity index (χ2v) is 19.6. The van der Waals surface area contributed by atoms with Crippen molar-refractivity contribution >= 4 is 17.4 Å². The van der Waals surface area contributed by atoms with Gasteiger partial charge in [-0.15, -0.1) is 0 Å². The maximum absolute atomic E-state index is 14.1. The molecule has 2 aromatic heterocycles. The molecule has 2 amide bonds. The maximum atomic E-state index is 14.1. The van der Waals surface area contributed by atoms with Gasteiger partial charge in [-0.25, -0.2) is 9.97 Å². The molecule has 13 heteroatoms. The molecular weight excluding hydrogens is 741 g/mol. The fraction of sp³-hybridized carbons (Fsp3) is 0.739. The lowest BCUT2D eigenvalue weighted by Crippen LogP contribution is -2.53. The zero-order valence-corrected chi connectivity index (χ0v) is 36.1. The van der Waals surface area contributed by atoms with Gasteiger partial charge in [-0.05, 0) is 105 Å². The summed E-state index contributed by atoms with van der Waals surface area (Å²) in [5.41, 5.74) is 11.7. The summed E-state index contributed by atoms with van der Waals surface area (Å²) in [5, 5.41) is 3.60. The molecule has 2 aromatic rings. The number of piperidine rings is 1. The van der Waals surface area contributed by atoms with E-state index in [2.05, 4.69) is 62.2 Å². The number of hydrogen-bond acceptors (Lipinski definition) is 9. The van der Waals surface area contributed by atoms with Gasteiger partial charge in [-0.1, -0.05) is 33.8 Å². The van der Waals surface area contributed by atoms with Gasteiger partial charge in [0.05, 0.1) is 49.3 Å². The van der Waals surface area contributed by atoms with E-state index in [1.807, 2.05) is 24.9 Å². The summed E-state index contributed by atoms with van der Waals surface area (Å²) in [6.45, 7) is 16.0. The quantitative estimate of drug-likeness (QED) is 0.216. The predicted molar refractivity (Wildman–Crippen MR) is 228 cm³/mol. The van der Waals surface area contributed by atoms with Crippen molar-refractivity contribution in [2.45, 2.75) is 122 Å². The number of ether oxygens (including phenoxy) is 1. The van der Waals surface area contributed by atoms with Gasteiger partial charge >= 0.3 is 0 Å². The predicted octanol–water partition coefficient (Wildman–Crippen LogP) is 5.56. The number of carbonyl (C=O) groups is 2. The summed E-state index contributed by atoms with van der Waals surface area (Å²) < 4.78 is 5.52. The Kier molecular flexibility index (Phi) is 12.1. The minimum absolute atomic E-state index is 0.00327. The first-order chi connectivity index (χ1) is 28.7. The molecule has 0 aromatic carbocycles. The van der Waals surface area contributed by atoms with Crippen LogP contribution in [0.2, 0.25) is 0 Å². The van der Waals surface area contributed by atoms with Gasteiger partial charge in [0.15, 0.2) is 0 Å². The van der Waals surface area contributed by atoms with Crippen LogP contribution in [0.5, 0.6) is 0 Å². The number of likely N-dealkylation sites (tertiary alicyclic amines) is 3. The fourth-order valence-corrected chi connectivity index (χ4v) is 12.0. The van der Waals surface area contributed by atoms with Crippen LogP contribution < -0.4 is 11.1 Å². The second-order valence-electron chi connectivity index (χ2n) is 19.6. The van der Waals surface area contributed by atoms with E-state index < -0.39 is 6.04 Å². The molecule has 4 saturated heterocycles. The molecule has 8 aliphatic rings. The Morgan fingerprint density at radius 1 is 0.763 bits per heavy atom. The number of hydrogen-bond donors (Lipinski definition) is 4. The Hall–Kier alpha value is -3.52. The summed E-state index contributed by atoms with van der Waals surface area (Å²) in [4.78, 5) is 53.9. The first-order valence-electron chi connectivity index (χ1n) is 23.3. The van der Waals surface area contributed by atoms with Crippen molar-refractivity contribution in [3.63, 3.8) is 0 Å². The normalized spacial score (nSPS) is 30.3. The van der Waals surface area contributed by atoms with E-state index in [1.54, 1.807) is 5.70 Å². The van der Waals surface area contributed by atoms with Crippen LogP contribution in [0.15, 0.2) is 30.2 Å². The topological polar surface area (TPSA) is 152 Å². The molecule has 0 radical (unpaired) electrons. The van der Waals surface area contributed by atoms with Gasteiger partial charge < -0.3 is 35.1 Å². The van der Waals surface area contributed by atoms with Crippen LogP contribution in [-0.4, -0.2) is 123 Å². The van der Waals surface area contributed by atoms with Gasteiger partial charge in [0, 0.05) is 75.4 Å². The molecule has 6 unspecified atom stereocenters. The van der Waals surface area contributed by atoms with Gasteiger partial charge in [-0.3, -0.25) is 19.8 Å². The number of H-pyrrole nitrogens is 2. The average Bonchev–Trinajstić information content (AvgIpc) is 4.11. The van der Waals surface area contributed by atoms with Crippen molar-refractivity contribution in [2.75, 3.05) is 59.2 Å². The minimum Gasteiger partial charge on any atom is -0.379 e. The highest BCUT2D eigenvalue weighted by molar-refractivity contribution is 5.83. The summed E-state index contributed by atoms with van der Waals surface area (Å²) in [5.74, 6) is 5.29. The maximum Gasteiger partial charge on any atom is 0.240 e. The first-order valence-corrected chi connectivity index (χ1v) is 23.3. The third-order valence-electron chi connectivity index (χ3n) is 15.5. The van der Waals surface area contributed by atoms with Crippen LogP contribution >= 0.6 is 0 Å². The van der Waals surface area contributed by atoms with E-state index in [-0.39, 0.29) is 41.8 Å². The molecule has 7 fully saturated rings. The Morgan fingerprint density at radius 3 is 2.05 bits per heavy atom. The smallest absolute Gasteiger partial charge is 0.240 e. The number of amides is 2. The Balaban J connectivity index is 0.862. The summed E-state index contributed by atoms with van der Waals surface area (Å²) in [6.07, 6.45) is 20.3. The van der Waals surface area contributed by atoms with Crippen LogP contribution in [0.4, 0.5) is 0 Å². The molecule has 10 rings (SSSR count). The van der Waals surface area contributed by atoms with Gasteiger partial charge in [-0.2, -0.15) is 0 Å². The lowest BCUT2D eigenvalue weighted by molar-refractivity contribution is -0.136. The Morgan fingerprint density at radius 2 is 1.39 bits per heavy atom. The van der Waals surface area contributed by atoms with Gasteiger partial charge in [0.1, 0.15) is 11.6 Å². The van der Waals surface area contributed by atoms with Crippen molar-refractivity contribution in [1.29, 1.82) is 0 Å².